The van der Waals surface area contributed by atoms with Crippen LogP contribution >= 0.6 is 11.6 Å². The van der Waals surface area contributed by atoms with E-state index in [0.29, 0.717) is 23.9 Å². The zero-order valence-electron chi connectivity index (χ0n) is 10.5. The normalized spacial score (nSPS) is 23.4. The Morgan fingerprint density at radius 3 is 2.95 bits per heavy atom. The third-order valence-corrected chi connectivity index (χ3v) is 3.44. The number of nitrogens with zero attached hydrogens (tertiary/aromatic N) is 1. The Kier molecular flexibility index (Phi) is 4.29. The molecule has 104 valence electrons. The van der Waals surface area contributed by atoms with Crippen molar-refractivity contribution in [1.29, 1.82) is 0 Å². The molecule has 1 aliphatic heterocycles. The van der Waals surface area contributed by atoms with Gasteiger partial charge in [0.2, 0.25) is 0 Å². The van der Waals surface area contributed by atoms with Crippen molar-refractivity contribution in [2.75, 3.05) is 24.7 Å². The second-order valence-corrected chi connectivity index (χ2v) is 5.04. The summed E-state index contributed by atoms with van der Waals surface area (Å²) >= 11 is 5.85. The Hall–Kier alpha value is -1.30. The van der Waals surface area contributed by atoms with Crippen LogP contribution in [0.3, 0.4) is 0 Å². The first-order chi connectivity index (χ1) is 9.02. The van der Waals surface area contributed by atoms with Crippen LogP contribution in [0.1, 0.15) is 17.3 Å². The van der Waals surface area contributed by atoms with Crippen LogP contribution in [0.15, 0.2) is 18.2 Å². The monoisotopic (exact) mass is 285 g/mol. The summed E-state index contributed by atoms with van der Waals surface area (Å²) in [4.78, 5) is 13.2. The van der Waals surface area contributed by atoms with E-state index in [2.05, 4.69) is 0 Å². The second-order valence-electron chi connectivity index (χ2n) is 4.61. The molecule has 1 aliphatic rings. The maximum atomic E-state index is 11.3. The van der Waals surface area contributed by atoms with Crippen LogP contribution in [0, 0.1) is 0 Å². The molecule has 1 aromatic rings. The van der Waals surface area contributed by atoms with Crippen LogP contribution in [0.4, 0.5) is 5.69 Å². The maximum absolute atomic E-state index is 11.3. The molecule has 19 heavy (non-hydrogen) atoms. The van der Waals surface area contributed by atoms with E-state index in [1.165, 1.54) is 6.07 Å². The van der Waals surface area contributed by atoms with Gasteiger partial charge in [-0.3, -0.25) is 0 Å². The molecule has 5 nitrogen and oxygen atoms in total. The third-order valence-electron chi connectivity index (χ3n) is 3.21. The molecule has 1 fully saturated rings. The minimum Gasteiger partial charge on any atom is -0.478 e. The Labute approximate surface area is 116 Å². The van der Waals surface area contributed by atoms with Crippen molar-refractivity contribution in [2.45, 2.75) is 19.1 Å². The number of ether oxygens (including phenoxy) is 1. The molecule has 2 rings (SSSR count). The number of rotatable bonds is 3. The van der Waals surface area contributed by atoms with E-state index in [9.17, 15) is 15.0 Å². The smallest absolute Gasteiger partial charge is 0.337 e. The van der Waals surface area contributed by atoms with Crippen LogP contribution in [-0.4, -0.2) is 48.1 Å². The van der Waals surface area contributed by atoms with Gasteiger partial charge in [-0.2, -0.15) is 0 Å². The van der Waals surface area contributed by atoms with Crippen molar-refractivity contribution in [2.24, 2.45) is 0 Å². The van der Waals surface area contributed by atoms with Gasteiger partial charge >= 0.3 is 5.97 Å². The number of aliphatic hydroxyl groups is 1. The lowest BCUT2D eigenvalue weighted by Gasteiger charge is -2.39. The van der Waals surface area contributed by atoms with Crippen molar-refractivity contribution in [3.63, 3.8) is 0 Å². The van der Waals surface area contributed by atoms with Crippen LogP contribution < -0.4 is 4.90 Å². The molecular weight excluding hydrogens is 270 g/mol. The molecule has 0 saturated carbocycles. The quantitative estimate of drug-likeness (QED) is 0.883. The average Bonchev–Trinajstić information content (AvgIpc) is 2.39. The highest BCUT2D eigenvalue weighted by molar-refractivity contribution is 6.31. The molecule has 0 spiro atoms. The van der Waals surface area contributed by atoms with Gasteiger partial charge in [0.15, 0.2) is 0 Å². The Balaban J connectivity index is 2.36. The maximum Gasteiger partial charge on any atom is 0.337 e. The number of morpholine rings is 1. The number of hydrogen-bond donors (Lipinski definition) is 2. The van der Waals surface area contributed by atoms with E-state index < -0.39 is 5.97 Å². The number of halogens is 1. The van der Waals surface area contributed by atoms with Crippen molar-refractivity contribution in [1.82, 2.24) is 0 Å². The summed E-state index contributed by atoms with van der Waals surface area (Å²) in [6.07, 6.45) is -0.298. The van der Waals surface area contributed by atoms with Gasteiger partial charge in [0.25, 0.3) is 0 Å². The van der Waals surface area contributed by atoms with Gasteiger partial charge in [0.1, 0.15) is 0 Å². The van der Waals surface area contributed by atoms with E-state index in [4.69, 9.17) is 16.3 Å². The summed E-state index contributed by atoms with van der Waals surface area (Å²) in [7, 11) is 0. The predicted octanol–water partition coefficient (Wildman–Crippen LogP) is 1.62. The molecule has 2 unspecified atom stereocenters. The molecular formula is C13H16ClNO4. The van der Waals surface area contributed by atoms with Crippen molar-refractivity contribution >= 4 is 23.3 Å². The molecule has 1 aromatic carbocycles. The molecule has 2 atom stereocenters. The lowest BCUT2D eigenvalue weighted by atomic mass is 10.1. The molecule has 6 heteroatoms. The van der Waals surface area contributed by atoms with Crippen molar-refractivity contribution < 1.29 is 19.7 Å². The molecule has 0 bridgehead atoms. The number of carbonyl (C=O) groups is 1. The summed E-state index contributed by atoms with van der Waals surface area (Å²) in [5.74, 6) is -1.02. The largest absolute Gasteiger partial charge is 0.478 e. The summed E-state index contributed by atoms with van der Waals surface area (Å²) in [5.41, 5.74) is 0.768. The van der Waals surface area contributed by atoms with Gasteiger partial charge < -0.3 is 19.8 Å². The Morgan fingerprint density at radius 2 is 2.32 bits per heavy atom. The van der Waals surface area contributed by atoms with Gasteiger partial charge in [-0.1, -0.05) is 11.6 Å². The lowest BCUT2D eigenvalue weighted by Crippen LogP contribution is -2.50. The van der Waals surface area contributed by atoms with E-state index in [0.717, 1.165) is 0 Å². The van der Waals surface area contributed by atoms with E-state index >= 15 is 0 Å². The SMILES string of the molecule is CC1COC(CO)CN1c1ccc(Cl)cc1C(=O)O. The number of anilines is 1. The summed E-state index contributed by atoms with van der Waals surface area (Å²) in [6.45, 7) is 2.78. The fourth-order valence-electron chi connectivity index (χ4n) is 2.19. The Morgan fingerprint density at radius 1 is 1.58 bits per heavy atom. The number of aromatic carboxylic acids is 1. The minimum absolute atomic E-state index is 0.0436. The predicted molar refractivity (Wildman–Crippen MR) is 72.0 cm³/mol. The highest BCUT2D eigenvalue weighted by Gasteiger charge is 2.28. The van der Waals surface area contributed by atoms with E-state index in [-0.39, 0.29) is 24.3 Å². The molecule has 0 aromatic heterocycles. The summed E-state index contributed by atoms with van der Waals surface area (Å²) in [6, 6.07) is 4.85. The third kappa shape index (κ3) is 3.00. The van der Waals surface area contributed by atoms with Crippen LogP contribution in [0.5, 0.6) is 0 Å². The first kappa shape index (κ1) is 14.1. The van der Waals surface area contributed by atoms with Crippen LogP contribution in [0.25, 0.3) is 0 Å². The van der Waals surface area contributed by atoms with Gasteiger partial charge in [0.05, 0.1) is 30.6 Å². The molecule has 0 aliphatic carbocycles. The van der Waals surface area contributed by atoms with E-state index in [1.54, 1.807) is 12.1 Å². The van der Waals surface area contributed by atoms with Gasteiger partial charge in [-0.15, -0.1) is 0 Å². The first-order valence-corrected chi connectivity index (χ1v) is 6.42. The number of aliphatic hydroxyl groups excluding tert-OH is 1. The average molecular weight is 286 g/mol. The fraction of sp³-hybridized carbons (Fsp3) is 0.462. The second kappa shape index (κ2) is 5.77. The molecule has 1 heterocycles. The summed E-state index contributed by atoms with van der Waals surface area (Å²) in [5, 5.41) is 18.8. The summed E-state index contributed by atoms with van der Waals surface area (Å²) < 4.78 is 5.45. The highest BCUT2D eigenvalue weighted by atomic mass is 35.5. The Bertz CT molecular complexity index is 480. The van der Waals surface area contributed by atoms with Gasteiger partial charge in [-0.25, -0.2) is 4.79 Å². The lowest BCUT2D eigenvalue weighted by molar-refractivity contribution is -0.0104. The molecule has 2 N–H and O–H groups in total. The van der Waals surface area contributed by atoms with Crippen molar-refractivity contribution in [3.05, 3.63) is 28.8 Å². The standard InChI is InChI=1S/C13H16ClNO4/c1-8-7-19-10(6-16)5-15(8)12-3-2-9(14)4-11(12)13(17)18/h2-4,8,10,16H,5-7H2,1H3,(H,17,18). The number of carboxylic acid groups (broad SMARTS) is 1. The van der Waals surface area contributed by atoms with E-state index in [1.807, 2.05) is 11.8 Å². The number of hydrogen-bond acceptors (Lipinski definition) is 4. The van der Waals surface area contributed by atoms with Crippen LogP contribution in [0.2, 0.25) is 5.02 Å². The van der Waals surface area contributed by atoms with Crippen LogP contribution in [-0.2, 0) is 4.74 Å². The van der Waals surface area contributed by atoms with Gasteiger partial charge in [-0.05, 0) is 25.1 Å². The highest BCUT2D eigenvalue weighted by Crippen LogP contribution is 2.28. The van der Waals surface area contributed by atoms with Crippen molar-refractivity contribution in [3.8, 4) is 0 Å². The minimum atomic E-state index is -1.02. The van der Waals surface area contributed by atoms with Gasteiger partial charge in [0, 0.05) is 17.6 Å². The fourth-order valence-corrected chi connectivity index (χ4v) is 2.37. The zero-order valence-corrected chi connectivity index (χ0v) is 11.3. The topological polar surface area (TPSA) is 70.0 Å². The molecule has 0 amide bonds. The first-order valence-electron chi connectivity index (χ1n) is 6.05. The molecule has 1 saturated heterocycles. The number of carboxylic acids is 1. The zero-order chi connectivity index (χ0) is 14.0. The number of benzene rings is 1. The molecule has 0 radical (unpaired) electrons.